The Morgan fingerprint density at radius 1 is 1.50 bits per heavy atom. The molecule has 0 saturated carbocycles. The zero-order valence-corrected chi connectivity index (χ0v) is 11.0. The Bertz CT molecular complexity index is 336. The highest BCUT2D eigenvalue weighted by Gasteiger charge is 2.08. The van der Waals surface area contributed by atoms with Gasteiger partial charge in [-0.1, -0.05) is 6.92 Å². The third kappa shape index (κ3) is 5.29. The van der Waals surface area contributed by atoms with E-state index in [0.29, 0.717) is 18.4 Å². The van der Waals surface area contributed by atoms with Crippen molar-refractivity contribution in [2.45, 2.75) is 25.8 Å². The fraction of sp³-hybridized carbons (Fsp3) is 0.667. The van der Waals surface area contributed by atoms with Crippen molar-refractivity contribution in [1.29, 1.82) is 0 Å². The predicted molar refractivity (Wildman–Crippen MR) is 71.8 cm³/mol. The van der Waals surface area contributed by atoms with E-state index in [1.54, 1.807) is 19.4 Å². The number of ether oxygens (including phenoxy) is 1. The van der Waals surface area contributed by atoms with Gasteiger partial charge < -0.3 is 20.5 Å². The van der Waals surface area contributed by atoms with Crippen LogP contribution in [0.2, 0.25) is 0 Å². The van der Waals surface area contributed by atoms with E-state index in [-0.39, 0.29) is 12.6 Å². The number of aliphatic hydroxyl groups excluding tert-OH is 1. The van der Waals surface area contributed by atoms with Crippen molar-refractivity contribution in [3.63, 3.8) is 0 Å². The van der Waals surface area contributed by atoms with E-state index >= 15 is 0 Å². The maximum atomic E-state index is 9.25. The summed E-state index contributed by atoms with van der Waals surface area (Å²) < 4.78 is 4.99. The second-order valence-electron chi connectivity index (χ2n) is 4.00. The van der Waals surface area contributed by atoms with Gasteiger partial charge in [0.05, 0.1) is 12.6 Å². The molecule has 6 heteroatoms. The quantitative estimate of drug-likeness (QED) is 0.612. The molecule has 0 aliphatic heterocycles. The summed E-state index contributed by atoms with van der Waals surface area (Å²) in [6, 6.07) is 1.73. The number of aliphatic hydroxyl groups is 1. The number of rotatable bonds is 9. The summed E-state index contributed by atoms with van der Waals surface area (Å²) in [6.07, 6.45) is 3.45. The van der Waals surface area contributed by atoms with Crippen molar-refractivity contribution in [3.8, 4) is 0 Å². The summed E-state index contributed by atoms with van der Waals surface area (Å²) in [4.78, 5) is 8.44. The molecule has 0 fully saturated rings. The summed E-state index contributed by atoms with van der Waals surface area (Å²) in [5, 5.41) is 15.5. The largest absolute Gasteiger partial charge is 0.394 e. The number of hydrogen-bond donors (Lipinski definition) is 3. The van der Waals surface area contributed by atoms with E-state index in [2.05, 4.69) is 27.5 Å². The van der Waals surface area contributed by atoms with Crippen LogP contribution >= 0.6 is 0 Å². The van der Waals surface area contributed by atoms with Gasteiger partial charge in [0.25, 0.3) is 0 Å². The lowest BCUT2D eigenvalue weighted by Gasteiger charge is -2.16. The van der Waals surface area contributed by atoms with Crippen LogP contribution in [0.15, 0.2) is 12.3 Å². The summed E-state index contributed by atoms with van der Waals surface area (Å²) in [5.41, 5.74) is 0. The van der Waals surface area contributed by atoms with Gasteiger partial charge in [-0.25, -0.2) is 4.98 Å². The smallest absolute Gasteiger partial charge is 0.224 e. The lowest BCUT2D eigenvalue weighted by atomic mass is 10.2. The minimum absolute atomic E-state index is 0.0467. The zero-order valence-electron chi connectivity index (χ0n) is 11.0. The molecule has 1 heterocycles. The summed E-state index contributed by atoms with van der Waals surface area (Å²) in [7, 11) is 1.64. The first kappa shape index (κ1) is 14.7. The fourth-order valence-electron chi connectivity index (χ4n) is 1.44. The number of methoxy groups -OCH3 is 1. The Hall–Kier alpha value is -1.40. The Morgan fingerprint density at radius 3 is 3.00 bits per heavy atom. The molecular formula is C12H22N4O2. The van der Waals surface area contributed by atoms with Gasteiger partial charge in [-0.15, -0.1) is 0 Å². The molecule has 1 atom stereocenters. The van der Waals surface area contributed by atoms with Gasteiger partial charge in [0.2, 0.25) is 5.95 Å². The summed E-state index contributed by atoms with van der Waals surface area (Å²) in [5.74, 6) is 1.31. The van der Waals surface area contributed by atoms with E-state index in [0.717, 1.165) is 19.4 Å². The second kappa shape index (κ2) is 8.66. The van der Waals surface area contributed by atoms with Crippen LogP contribution in [0.5, 0.6) is 0 Å². The predicted octanol–water partition coefficient (Wildman–Crippen LogP) is 1.11. The third-order valence-electron chi connectivity index (χ3n) is 2.43. The number of anilines is 2. The molecule has 18 heavy (non-hydrogen) atoms. The molecular weight excluding hydrogens is 232 g/mol. The van der Waals surface area contributed by atoms with Gasteiger partial charge in [-0.2, -0.15) is 4.98 Å². The molecule has 3 N–H and O–H groups in total. The highest BCUT2D eigenvalue weighted by atomic mass is 16.5. The van der Waals surface area contributed by atoms with Crippen LogP contribution in [0.3, 0.4) is 0 Å². The molecule has 6 nitrogen and oxygen atoms in total. The Morgan fingerprint density at radius 2 is 2.33 bits per heavy atom. The first-order valence-corrected chi connectivity index (χ1v) is 6.23. The van der Waals surface area contributed by atoms with E-state index in [9.17, 15) is 5.11 Å². The van der Waals surface area contributed by atoms with Gasteiger partial charge in [0.15, 0.2) is 0 Å². The molecule has 0 saturated heterocycles. The minimum Gasteiger partial charge on any atom is -0.394 e. The number of aromatic nitrogens is 2. The van der Waals surface area contributed by atoms with E-state index in [1.165, 1.54) is 0 Å². The molecule has 0 bridgehead atoms. The molecule has 0 amide bonds. The lowest BCUT2D eigenvalue weighted by Crippen LogP contribution is -2.26. The highest BCUT2D eigenvalue weighted by Crippen LogP contribution is 2.08. The Labute approximate surface area is 108 Å². The summed E-state index contributed by atoms with van der Waals surface area (Å²) >= 11 is 0. The minimum atomic E-state index is -0.0566. The third-order valence-corrected chi connectivity index (χ3v) is 2.43. The van der Waals surface area contributed by atoms with Gasteiger partial charge in [-0.3, -0.25) is 0 Å². The van der Waals surface area contributed by atoms with E-state index < -0.39 is 0 Å². The van der Waals surface area contributed by atoms with Crippen molar-refractivity contribution < 1.29 is 9.84 Å². The Kier molecular flexibility index (Phi) is 7.05. The monoisotopic (exact) mass is 254 g/mol. The maximum Gasteiger partial charge on any atom is 0.224 e. The molecule has 0 aromatic carbocycles. The van der Waals surface area contributed by atoms with Crippen LogP contribution < -0.4 is 10.6 Å². The van der Waals surface area contributed by atoms with Crippen LogP contribution in [0.4, 0.5) is 11.8 Å². The average Bonchev–Trinajstić information content (AvgIpc) is 2.41. The van der Waals surface area contributed by atoms with Gasteiger partial charge >= 0.3 is 0 Å². The van der Waals surface area contributed by atoms with Crippen LogP contribution in [-0.4, -0.2) is 48.0 Å². The standard InChI is InChI=1S/C12H22N4O2/c1-3-6-13-12-14-7-4-11(16-12)15-10(9-17)5-8-18-2/h4,7,10,17H,3,5-6,8-9H2,1-2H3,(H2,13,14,15,16). The molecule has 1 aromatic rings. The molecule has 102 valence electrons. The van der Waals surface area contributed by atoms with Gasteiger partial charge in [0, 0.05) is 26.5 Å². The Balaban J connectivity index is 2.53. The van der Waals surface area contributed by atoms with Crippen molar-refractivity contribution in [3.05, 3.63) is 12.3 Å². The maximum absolute atomic E-state index is 9.25. The van der Waals surface area contributed by atoms with Crippen LogP contribution in [0.1, 0.15) is 19.8 Å². The van der Waals surface area contributed by atoms with E-state index in [4.69, 9.17) is 4.74 Å². The normalized spacial score (nSPS) is 12.2. The SMILES string of the molecule is CCCNc1nccc(NC(CO)CCOC)n1. The van der Waals surface area contributed by atoms with Crippen molar-refractivity contribution in [2.75, 3.05) is 37.5 Å². The average molecular weight is 254 g/mol. The van der Waals surface area contributed by atoms with E-state index in [1.807, 2.05) is 0 Å². The van der Waals surface area contributed by atoms with Crippen molar-refractivity contribution >= 4 is 11.8 Å². The second-order valence-corrected chi connectivity index (χ2v) is 4.00. The van der Waals surface area contributed by atoms with Crippen molar-refractivity contribution in [1.82, 2.24) is 9.97 Å². The van der Waals surface area contributed by atoms with Crippen LogP contribution in [0, 0.1) is 0 Å². The molecule has 0 radical (unpaired) electrons. The van der Waals surface area contributed by atoms with Crippen LogP contribution in [0.25, 0.3) is 0 Å². The van der Waals surface area contributed by atoms with Crippen molar-refractivity contribution in [2.24, 2.45) is 0 Å². The number of nitrogens with zero attached hydrogens (tertiary/aromatic N) is 2. The number of hydrogen-bond acceptors (Lipinski definition) is 6. The van der Waals surface area contributed by atoms with Gasteiger partial charge in [-0.05, 0) is 18.9 Å². The van der Waals surface area contributed by atoms with Gasteiger partial charge in [0.1, 0.15) is 5.82 Å². The molecule has 1 rings (SSSR count). The zero-order chi connectivity index (χ0) is 13.2. The van der Waals surface area contributed by atoms with Crippen LogP contribution in [-0.2, 0) is 4.74 Å². The molecule has 0 aliphatic rings. The molecule has 0 spiro atoms. The lowest BCUT2D eigenvalue weighted by molar-refractivity contribution is 0.174. The molecule has 0 aliphatic carbocycles. The first-order chi connectivity index (χ1) is 8.80. The highest BCUT2D eigenvalue weighted by molar-refractivity contribution is 5.40. The topological polar surface area (TPSA) is 79.3 Å². The summed E-state index contributed by atoms with van der Waals surface area (Å²) in [6.45, 7) is 3.58. The number of nitrogens with one attached hydrogen (secondary N) is 2. The molecule has 1 aromatic heterocycles. The first-order valence-electron chi connectivity index (χ1n) is 6.23. The molecule has 1 unspecified atom stereocenters. The fourth-order valence-corrected chi connectivity index (χ4v) is 1.44.